The standard InChI is InChI=1S/C17H23N3O4/c1-3-20-15(21)12-17(24-20)8-10-19(11-9-17)16(22)18-13-4-6-14(23-2)7-5-13/h4-7H,3,8-12H2,1-2H3,(H,18,22). The van der Waals surface area contributed by atoms with E-state index in [1.807, 2.05) is 6.92 Å². The van der Waals surface area contributed by atoms with Gasteiger partial charge in [0.2, 0.25) is 5.91 Å². The van der Waals surface area contributed by atoms with Crippen LogP contribution in [0.5, 0.6) is 5.75 Å². The SMILES string of the molecule is CCN1OC2(CCN(C(=O)Nc3ccc(OC)cc3)CC2)CC1=O. The minimum atomic E-state index is -0.427. The second kappa shape index (κ2) is 6.68. The topological polar surface area (TPSA) is 71.1 Å². The fraction of sp³-hybridized carbons (Fsp3) is 0.529. The van der Waals surface area contributed by atoms with Gasteiger partial charge in [-0.2, -0.15) is 0 Å². The number of urea groups is 1. The molecule has 1 spiro atoms. The number of benzene rings is 1. The second-order valence-electron chi connectivity index (χ2n) is 6.19. The Kier molecular flexibility index (Phi) is 4.62. The number of hydrogen-bond acceptors (Lipinski definition) is 4. The van der Waals surface area contributed by atoms with Gasteiger partial charge in [0.1, 0.15) is 11.4 Å². The fourth-order valence-electron chi connectivity index (χ4n) is 3.18. The van der Waals surface area contributed by atoms with Crippen molar-refractivity contribution in [2.45, 2.75) is 31.8 Å². The summed E-state index contributed by atoms with van der Waals surface area (Å²) in [4.78, 5) is 31.9. The smallest absolute Gasteiger partial charge is 0.321 e. The third-order valence-electron chi connectivity index (χ3n) is 4.65. The Balaban J connectivity index is 1.54. The van der Waals surface area contributed by atoms with Crippen LogP contribution in [0.15, 0.2) is 24.3 Å². The number of methoxy groups -OCH3 is 1. The molecule has 130 valence electrons. The summed E-state index contributed by atoms with van der Waals surface area (Å²) in [7, 11) is 1.60. The first-order chi connectivity index (χ1) is 11.5. The molecule has 1 aromatic rings. The van der Waals surface area contributed by atoms with Gasteiger partial charge in [0.25, 0.3) is 0 Å². The molecular weight excluding hydrogens is 310 g/mol. The molecule has 3 rings (SSSR count). The van der Waals surface area contributed by atoms with Crippen LogP contribution in [-0.2, 0) is 9.63 Å². The monoisotopic (exact) mass is 333 g/mol. The van der Waals surface area contributed by atoms with E-state index in [0.717, 1.165) is 11.4 Å². The Hall–Kier alpha value is -2.28. The zero-order valence-corrected chi connectivity index (χ0v) is 14.1. The van der Waals surface area contributed by atoms with Crippen molar-refractivity contribution in [2.24, 2.45) is 0 Å². The van der Waals surface area contributed by atoms with Crippen LogP contribution in [0.4, 0.5) is 10.5 Å². The molecule has 2 saturated heterocycles. The van der Waals surface area contributed by atoms with Crippen LogP contribution in [-0.4, -0.2) is 54.2 Å². The molecule has 3 amide bonds. The van der Waals surface area contributed by atoms with Crippen LogP contribution in [0.3, 0.4) is 0 Å². The van der Waals surface area contributed by atoms with Gasteiger partial charge in [-0.15, -0.1) is 0 Å². The van der Waals surface area contributed by atoms with E-state index >= 15 is 0 Å². The molecule has 2 fully saturated rings. The van der Waals surface area contributed by atoms with Gasteiger partial charge < -0.3 is 15.0 Å². The molecule has 1 N–H and O–H groups in total. The van der Waals surface area contributed by atoms with Crippen molar-refractivity contribution in [3.05, 3.63) is 24.3 Å². The lowest BCUT2D eigenvalue weighted by molar-refractivity contribution is -0.206. The normalized spacial score (nSPS) is 19.7. The summed E-state index contributed by atoms with van der Waals surface area (Å²) in [6.45, 7) is 3.61. The number of nitrogens with one attached hydrogen (secondary N) is 1. The Morgan fingerprint density at radius 2 is 1.96 bits per heavy atom. The predicted octanol–water partition coefficient (Wildman–Crippen LogP) is 2.25. The van der Waals surface area contributed by atoms with Crippen LogP contribution >= 0.6 is 0 Å². The number of carbonyl (C=O) groups is 2. The molecule has 0 aliphatic carbocycles. The first kappa shape index (κ1) is 16.6. The molecule has 2 heterocycles. The number of likely N-dealkylation sites (tertiary alicyclic amines) is 1. The van der Waals surface area contributed by atoms with Crippen LogP contribution in [0.2, 0.25) is 0 Å². The lowest BCUT2D eigenvalue weighted by Gasteiger charge is -2.37. The van der Waals surface area contributed by atoms with Gasteiger partial charge in [-0.05, 0) is 44.0 Å². The van der Waals surface area contributed by atoms with Gasteiger partial charge in [-0.1, -0.05) is 0 Å². The molecule has 2 aliphatic heterocycles. The van der Waals surface area contributed by atoms with E-state index in [-0.39, 0.29) is 11.9 Å². The third-order valence-corrected chi connectivity index (χ3v) is 4.65. The van der Waals surface area contributed by atoms with Gasteiger partial charge in [0, 0.05) is 25.3 Å². The predicted molar refractivity (Wildman–Crippen MR) is 88.6 cm³/mol. The van der Waals surface area contributed by atoms with Crippen LogP contribution in [0.1, 0.15) is 26.2 Å². The van der Waals surface area contributed by atoms with Gasteiger partial charge in [0.15, 0.2) is 0 Å². The third kappa shape index (κ3) is 3.31. The molecule has 0 radical (unpaired) electrons. The maximum Gasteiger partial charge on any atom is 0.321 e. The van der Waals surface area contributed by atoms with Gasteiger partial charge in [-0.25, -0.2) is 9.86 Å². The van der Waals surface area contributed by atoms with Crippen LogP contribution in [0, 0.1) is 0 Å². The summed E-state index contributed by atoms with van der Waals surface area (Å²) in [5.41, 5.74) is 0.301. The maximum atomic E-state index is 12.4. The first-order valence-corrected chi connectivity index (χ1v) is 8.25. The van der Waals surface area contributed by atoms with E-state index in [9.17, 15) is 9.59 Å². The van der Waals surface area contributed by atoms with Crippen LogP contribution in [0.25, 0.3) is 0 Å². The Morgan fingerprint density at radius 3 is 2.50 bits per heavy atom. The minimum absolute atomic E-state index is 0.0358. The van der Waals surface area contributed by atoms with E-state index in [4.69, 9.17) is 9.57 Å². The summed E-state index contributed by atoms with van der Waals surface area (Å²) >= 11 is 0. The Bertz CT molecular complexity index is 609. The van der Waals surface area contributed by atoms with Crippen molar-refractivity contribution in [2.75, 3.05) is 32.1 Å². The Morgan fingerprint density at radius 1 is 1.29 bits per heavy atom. The average Bonchev–Trinajstić information content (AvgIpc) is 2.91. The van der Waals surface area contributed by atoms with Crippen molar-refractivity contribution >= 4 is 17.6 Å². The molecule has 0 aromatic heterocycles. The number of nitrogens with zero attached hydrogens (tertiary/aromatic N) is 2. The number of hydrogen-bond donors (Lipinski definition) is 1. The number of ether oxygens (including phenoxy) is 1. The lowest BCUT2D eigenvalue weighted by Crippen LogP contribution is -2.48. The molecule has 7 nitrogen and oxygen atoms in total. The lowest BCUT2D eigenvalue weighted by atomic mass is 9.89. The molecule has 7 heteroatoms. The van der Waals surface area contributed by atoms with Crippen molar-refractivity contribution in [1.29, 1.82) is 0 Å². The van der Waals surface area contributed by atoms with Gasteiger partial charge in [0.05, 0.1) is 13.5 Å². The molecule has 0 saturated carbocycles. The summed E-state index contributed by atoms with van der Waals surface area (Å²) in [6.07, 6.45) is 1.76. The van der Waals surface area contributed by atoms with E-state index < -0.39 is 5.60 Å². The highest BCUT2D eigenvalue weighted by Crippen LogP contribution is 2.36. The quantitative estimate of drug-likeness (QED) is 0.921. The highest BCUT2D eigenvalue weighted by Gasteiger charge is 2.46. The van der Waals surface area contributed by atoms with Crippen molar-refractivity contribution < 1.29 is 19.2 Å². The molecular formula is C17H23N3O4. The Labute approximate surface area is 141 Å². The molecule has 0 unspecified atom stereocenters. The number of rotatable bonds is 3. The van der Waals surface area contributed by atoms with Crippen molar-refractivity contribution in [3.8, 4) is 5.75 Å². The molecule has 0 atom stereocenters. The van der Waals surface area contributed by atoms with Crippen molar-refractivity contribution in [1.82, 2.24) is 9.96 Å². The summed E-state index contributed by atoms with van der Waals surface area (Å²) < 4.78 is 5.10. The average molecular weight is 333 g/mol. The highest BCUT2D eigenvalue weighted by atomic mass is 16.7. The van der Waals surface area contributed by atoms with Crippen molar-refractivity contribution in [3.63, 3.8) is 0 Å². The highest BCUT2D eigenvalue weighted by molar-refractivity contribution is 5.89. The number of piperidine rings is 1. The van der Waals surface area contributed by atoms with E-state index in [1.54, 1.807) is 36.3 Å². The van der Waals surface area contributed by atoms with E-state index in [0.29, 0.717) is 38.9 Å². The number of amides is 3. The molecule has 2 aliphatic rings. The van der Waals surface area contributed by atoms with Crippen LogP contribution < -0.4 is 10.1 Å². The summed E-state index contributed by atoms with van der Waals surface area (Å²) in [6, 6.07) is 7.09. The fourth-order valence-corrected chi connectivity index (χ4v) is 3.18. The zero-order chi connectivity index (χ0) is 17.2. The first-order valence-electron chi connectivity index (χ1n) is 8.25. The van der Waals surface area contributed by atoms with Gasteiger partial charge >= 0.3 is 6.03 Å². The number of anilines is 1. The minimum Gasteiger partial charge on any atom is -0.497 e. The molecule has 0 bridgehead atoms. The van der Waals surface area contributed by atoms with E-state index in [2.05, 4.69) is 5.32 Å². The molecule has 24 heavy (non-hydrogen) atoms. The summed E-state index contributed by atoms with van der Waals surface area (Å²) in [5.74, 6) is 0.782. The zero-order valence-electron chi connectivity index (χ0n) is 14.1. The second-order valence-corrected chi connectivity index (χ2v) is 6.19. The largest absolute Gasteiger partial charge is 0.497 e. The maximum absolute atomic E-state index is 12.4. The number of carbonyl (C=O) groups excluding carboxylic acids is 2. The van der Waals surface area contributed by atoms with E-state index in [1.165, 1.54) is 5.06 Å². The summed E-state index contributed by atoms with van der Waals surface area (Å²) in [5, 5.41) is 4.32. The van der Waals surface area contributed by atoms with Gasteiger partial charge in [-0.3, -0.25) is 9.63 Å². The number of hydroxylamine groups is 2. The molecule has 1 aromatic carbocycles.